The number of rotatable bonds is 5. The summed E-state index contributed by atoms with van der Waals surface area (Å²) in [4.78, 5) is 20.5. The summed E-state index contributed by atoms with van der Waals surface area (Å²) in [7, 11) is 0. The average Bonchev–Trinajstić information content (AvgIpc) is 3.66. The molecule has 0 bridgehead atoms. The summed E-state index contributed by atoms with van der Waals surface area (Å²) in [5, 5.41) is 4.62. The number of pyridine rings is 2. The second kappa shape index (κ2) is 12.6. The maximum absolute atomic E-state index is 5.33. The minimum absolute atomic E-state index is 0.755. The zero-order valence-electron chi connectivity index (χ0n) is 29.6. The molecule has 0 amide bonds. The average molecular weight is 702 g/mol. The molecule has 11 aromatic rings. The van der Waals surface area contributed by atoms with Crippen LogP contribution in [-0.4, -0.2) is 24.3 Å². The Hall–Kier alpha value is -7.50. The van der Waals surface area contributed by atoms with E-state index in [4.69, 9.17) is 19.9 Å². The van der Waals surface area contributed by atoms with Gasteiger partial charge in [-0.25, -0.2) is 15.0 Å². The molecule has 256 valence electrons. The fourth-order valence-corrected chi connectivity index (χ4v) is 8.04. The van der Waals surface area contributed by atoms with Gasteiger partial charge in [-0.05, 0) is 92.7 Å². The van der Waals surface area contributed by atoms with Gasteiger partial charge >= 0.3 is 0 Å². The van der Waals surface area contributed by atoms with E-state index in [0.717, 1.165) is 83.4 Å². The molecule has 0 aliphatic heterocycles. The van der Waals surface area contributed by atoms with E-state index in [1.165, 1.54) is 21.9 Å². The summed E-state index contributed by atoms with van der Waals surface area (Å²) in [6, 6.07) is 61.6. The van der Waals surface area contributed by atoms with Crippen LogP contribution < -0.4 is 0 Å². The molecule has 0 N–H and O–H groups in total. The van der Waals surface area contributed by atoms with Crippen LogP contribution in [0.2, 0.25) is 0 Å². The molecular formula is C50H31N5. The topological polar surface area (TPSA) is 56.0 Å². The molecule has 11 rings (SSSR count). The minimum atomic E-state index is 0.755. The lowest BCUT2D eigenvalue weighted by atomic mass is 9.90. The molecule has 7 aromatic carbocycles. The molecule has 55 heavy (non-hydrogen) atoms. The Morgan fingerprint density at radius 3 is 1.73 bits per heavy atom. The quantitative estimate of drug-likeness (QED) is 0.168. The van der Waals surface area contributed by atoms with Crippen LogP contribution in [0.1, 0.15) is 0 Å². The Bertz CT molecular complexity index is 3230. The molecule has 4 heterocycles. The number of imidazole rings is 1. The summed E-state index contributed by atoms with van der Waals surface area (Å²) in [5.74, 6) is 0. The van der Waals surface area contributed by atoms with Crippen LogP contribution in [0.4, 0.5) is 0 Å². The first-order valence-corrected chi connectivity index (χ1v) is 18.5. The highest BCUT2D eigenvalue weighted by Gasteiger charge is 2.20. The molecule has 4 aromatic heterocycles. The van der Waals surface area contributed by atoms with E-state index in [9.17, 15) is 0 Å². The number of fused-ring (bicyclic) bond motifs is 9. The second-order valence-electron chi connectivity index (χ2n) is 13.9. The molecule has 0 atom stereocenters. The minimum Gasteiger partial charge on any atom is -0.299 e. The SMILES string of the molecule is c1ccc(-c2ccc3c(c2)c2cc(-c4cc5nc(-c6ccccn6)c(-c6ccccc6)nc5cc4-c4ccccc4)ccc2c2c3nc3ccccn32)cc1. The third-order valence-corrected chi connectivity index (χ3v) is 10.6. The van der Waals surface area contributed by atoms with Gasteiger partial charge in [0.05, 0.1) is 33.5 Å². The van der Waals surface area contributed by atoms with Crippen molar-refractivity contribution in [3.8, 4) is 56.0 Å². The maximum atomic E-state index is 5.33. The van der Waals surface area contributed by atoms with Crippen molar-refractivity contribution in [2.75, 3.05) is 0 Å². The highest BCUT2D eigenvalue weighted by Crippen LogP contribution is 2.42. The van der Waals surface area contributed by atoms with Gasteiger partial charge < -0.3 is 0 Å². The zero-order chi connectivity index (χ0) is 36.3. The highest BCUT2D eigenvalue weighted by atomic mass is 15.0. The van der Waals surface area contributed by atoms with Crippen LogP contribution in [0.5, 0.6) is 0 Å². The molecule has 0 unspecified atom stereocenters. The van der Waals surface area contributed by atoms with Crippen LogP contribution in [0.3, 0.4) is 0 Å². The van der Waals surface area contributed by atoms with Crippen LogP contribution in [0.15, 0.2) is 188 Å². The maximum Gasteiger partial charge on any atom is 0.137 e. The Labute approximate surface area is 316 Å². The van der Waals surface area contributed by atoms with Gasteiger partial charge in [-0.15, -0.1) is 0 Å². The molecule has 0 aliphatic rings. The van der Waals surface area contributed by atoms with E-state index in [-0.39, 0.29) is 0 Å². The van der Waals surface area contributed by atoms with Crippen LogP contribution >= 0.6 is 0 Å². The molecule has 0 aliphatic carbocycles. The third-order valence-electron chi connectivity index (χ3n) is 10.6. The molecule has 0 radical (unpaired) electrons. The summed E-state index contributed by atoms with van der Waals surface area (Å²) < 4.78 is 2.21. The molecular weight excluding hydrogens is 671 g/mol. The van der Waals surface area contributed by atoms with E-state index in [1.807, 2.05) is 48.7 Å². The predicted molar refractivity (Wildman–Crippen MR) is 226 cm³/mol. The Balaban J connectivity index is 1.22. The fourth-order valence-electron chi connectivity index (χ4n) is 8.04. The zero-order valence-corrected chi connectivity index (χ0v) is 29.6. The monoisotopic (exact) mass is 701 g/mol. The third kappa shape index (κ3) is 5.17. The number of hydrogen-bond acceptors (Lipinski definition) is 4. The normalized spacial score (nSPS) is 11.6. The predicted octanol–water partition coefficient (Wildman–Crippen LogP) is 12.5. The largest absolute Gasteiger partial charge is 0.299 e. The van der Waals surface area contributed by atoms with Crippen LogP contribution in [0.25, 0.3) is 105 Å². The van der Waals surface area contributed by atoms with Crippen molar-refractivity contribution >= 4 is 49.3 Å². The van der Waals surface area contributed by atoms with Gasteiger partial charge in [0.2, 0.25) is 0 Å². The highest BCUT2D eigenvalue weighted by molar-refractivity contribution is 6.25. The van der Waals surface area contributed by atoms with Gasteiger partial charge in [0.1, 0.15) is 11.3 Å². The van der Waals surface area contributed by atoms with E-state index in [2.05, 4.69) is 144 Å². The Morgan fingerprint density at radius 1 is 0.382 bits per heavy atom. The van der Waals surface area contributed by atoms with Crippen LogP contribution in [0, 0.1) is 0 Å². The lowest BCUT2D eigenvalue weighted by Crippen LogP contribution is -1.98. The van der Waals surface area contributed by atoms with E-state index >= 15 is 0 Å². The lowest BCUT2D eigenvalue weighted by Gasteiger charge is -2.16. The fraction of sp³-hybridized carbons (Fsp3) is 0. The van der Waals surface area contributed by atoms with Crippen molar-refractivity contribution in [3.05, 3.63) is 188 Å². The van der Waals surface area contributed by atoms with Gasteiger partial charge in [-0.2, -0.15) is 0 Å². The molecule has 0 saturated heterocycles. The van der Waals surface area contributed by atoms with Gasteiger partial charge in [0.25, 0.3) is 0 Å². The summed E-state index contributed by atoms with van der Waals surface area (Å²) in [6.07, 6.45) is 3.92. The number of hydrogen-bond donors (Lipinski definition) is 0. The molecule has 0 saturated carbocycles. The first-order valence-electron chi connectivity index (χ1n) is 18.5. The number of benzene rings is 7. The van der Waals surface area contributed by atoms with E-state index in [0.29, 0.717) is 0 Å². The Morgan fingerprint density at radius 2 is 0.982 bits per heavy atom. The molecule has 5 heteroatoms. The van der Waals surface area contributed by atoms with Crippen LogP contribution in [-0.2, 0) is 0 Å². The van der Waals surface area contributed by atoms with Gasteiger partial charge in [-0.3, -0.25) is 9.38 Å². The van der Waals surface area contributed by atoms with Crippen molar-refractivity contribution in [2.24, 2.45) is 0 Å². The molecule has 5 nitrogen and oxygen atoms in total. The van der Waals surface area contributed by atoms with Crippen molar-refractivity contribution < 1.29 is 0 Å². The van der Waals surface area contributed by atoms with E-state index in [1.54, 1.807) is 0 Å². The van der Waals surface area contributed by atoms with E-state index < -0.39 is 0 Å². The number of aromatic nitrogens is 5. The smallest absolute Gasteiger partial charge is 0.137 e. The number of nitrogens with zero attached hydrogens (tertiary/aromatic N) is 5. The lowest BCUT2D eigenvalue weighted by molar-refractivity contribution is 1.23. The van der Waals surface area contributed by atoms with Gasteiger partial charge in [0, 0.05) is 28.7 Å². The first kappa shape index (κ1) is 31.1. The van der Waals surface area contributed by atoms with Crippen molar-refractivity contribution in [1.82, 2.24) is 24.3 Å². The summed E-state index contributed by atoms with van der Waals surface area (Å²) in [5.41, 5.74) is 14.8. The second-order valence-corrected chi connectivity index (χ2v) is 13.9. The van der Waals surface area contributed by atoms with Crippen molar-refractivity contribution in [2.45, 2.75) is 0 Å². The van der Waals surface area contributed by atoms with Gasteiger partial charge in [0.15, 0.2) is 0 Å². The summed E-state index contributed by atoms with van der Waals surface area (Å²) >= 11 is 0. The molecule has 0 fully saturated rings. The van der Waals surface area contributed by atoms with Gasteiger partial charge in [-0.1, -0.05) is 127 Å². The van der Waals surface area contributed by atoms with Crippen molar-refractivity contribution in [3.63, 3.8) is 0 Å². The Kier molecular flexibility index (Phi) is 7.10. The standard InChI is InChI=1S/C50H31N5/c1-4-14-32(15-5-1)35-22-24-37-41(28-35)42-29-36(23-25-38(42)50-48(37)54-46-21-11-13-27-55(46)50)40-31-45-44(30-39(40)33-16-6-2-7-17-33)52-47(34-18-8-3-9-19-34)49(53-45)43-20-10-12-26-51-43/h1-31H. The first-order chi connectivity index (χ1) is 27.3. The summed E-state index contributed by atoms with van der Waals surface area (Å²) in [6.45, 7) is 0. The van der Waals surface area contributed by atoms with Crippen molar-refractivity contribution in [1.29, 1.82) is 0 Å². The molecule has 0 spiro atoms.